The third-order valence-corrected chi connectivity index (χ3v) is 4.22. The summed E-state index contributed by atoms with van der Waals surface area (Å²) in [6, 6.07) is 7.18. The Bertz CT molecular complexity index is 711. The number of hydrogen-bond acceptors (Lipinski definition) is 6. The van der Waals surface area contributed by atoms with Crippen LogP contribution in [0.1, 0.15) is 23.2 Å². The Balaban J connectivity index is 1.88. The highest BCUT2D eigenvalue weighted by atomic mass is 16.5. The second-order valence-electron chi connectivity index (χ2n) is 6.01. The lowest BCUT2D eigenvalue weighted by Crippen LogP contribution is -2.40. The van der Waals surface area contributed by atoms with Gasteiger partial charge in [-0.1, -0.05) is 5.16 Å². The quantitative estimate of drug-likeness (QED) is 0.870. The summed E-state index contributed by atoms with van der Waals surface area (Å²) in [4.78, 5) is 13.9. The van der Waals surface area contributed by atoms with Gasteiger partial charge in [-0.15, -0.1) is 0 Å². The molecule has 0 bridgehead atoms. The third kappa shape index (κ3) is 3.35. The lowest BCUT2D eigenvalue weighted by Gasteiger charge is -2.30. The van der Waals surface area contributed by atoms with Gasteiger partial charge in [-0.25, -0.2) is 4.79 Å². The first-order valence-corrected chi connectivity index (χ1v) is 7.91. The first kappa shape index (κ1) is 16.3. The number of anilines is 1. The predicted octanol–water partition coefficient (Wildman–Crippen LogP) is 2.55. The van der Waals surface area contributed by atoms with Crippen LogP contribution in [0.3, 0.4) is 0 Å². The van der Waals surface area contributed by atoms with E-state index >= 15 is 0 Å². The number of rotatable bonds is 5. The Kier molecular flexibility index (Phi) is 4.71. The van der Waals surface area contributed by atoms with Crippen molar-refractivity contribution in [2.75, 3.05) is 32.6 Å². The first-order valence-electron chi connectivity index (χ1n) is 7.91. The van der Waals surface area contributed by atoms with Crippen molar-refractivity contribution in [2.24, 2.45) is 0 Å². The van der Waals surface area contributed by atoms with Crippen LogP contribution in [-0.4, -0.2) is 54.4 Å². The van der Waals surface area contributed by atoms with E-state index in [1.165, 1.54) is 0 Å². The van der Waals surface area contributed by atoms with Crippen molar-refractivity contribution in [3.8, 4) is 17.1 Å². The highest BCUT2D eigenvalue weighted by molar-refractivity contribution is 5.99. The molecule has 24 heavy (non-hydrogen) atoms. The molecule has 1 fully saturated rings. The maximum Gasteiger partial charge on any atom is 0.343 e. The van der Waals surface area contributed by atoms with Crippen LogP contribution in [0.25, 0.3) is 11.3 Å². The number of hydrogen-bond donors (Lipinski definition) is 2. The Hall–Kier alpha value is -2.54. The van der Waals surface area contributed by atoms with Crippen LogP contribution in [0.15, 0.2) is 28.8 Å². The predicted molar refractivity (Wildman–Crippen MR) is 89.6 cm³/mol. The molecule has 3 rings (SSSR count). The van der Waals surface area contributed by atoms with E-state index in [0.717, 1.165) is 25.9 Å². The summed E-state index contributed by atoms with van der Waals surface area (Å²) in [5.74, 6) is 0.165. The number of aromatic carboxylic acids is 1. The molecule has 0 radical (unpaired) electrons. The van der Waals surface area contributed by atoms with E-state index in [9.17, 15) is 9.90 Å². The molecule has 2 N–H and O–H groups in total. The van der Waals surface area contributed by atoms with Gasteiger partial charge in [0, 0.05) is 18.2 Å². The average Bonchev–Trinajstić information content (AvgIpc) is 2.99. The van der Waals surface area contributed by atoms with Gasteiger partial charge in [-0.3, -0.25) is 0 Å². The lowest BCUT2D eigenvalue weighted by molar-refractivity contribution is 0.0698. The number of methoxy groups -OCH3 is 1. The molecule has 0 spiro atoms. The van der Waals surface area contributed by atoms with Gasteiger partial charge in [0.05, 0.1) is 7.11 Å². The number of aromatic nitrogens is 1. The molecule has 1 atom stereocenters. The summed E-state index contributed by atoms with van der Waals surface area (Å²) in [6.07, 6.45) is 2.05. The van der Waals surface area contributed by atoms with Crippen LogP contribution in [0.2, 0.25) is 0 Å². The van der Waals surface area contributed by atoms with Crippen molar-refractivity contribution < 1.29 is 19.2 Å². The van der Waals surface area contributed by atoms with Gasteiger partial charge in [-0.05, 0) is 50.7 Å². The first-order chi connectivity index (χ1) is 11.6. The maximum atomic E-state index is 11.7. The van der Waals surface area contributed by atoms with Gasteiger partial charge < -0.3 is 24.6 Å². The molecular weight excluding hydrogens is 310 g/mol. The zero-order valence-electron chi connectivity index (χ0n) is 13.8. The number of carboxylic acids is 1. The maximum absolute atomic E-state index is 11.7. The van der Waals surface area contributed by atoms with Gasteiger partial charge in [0.1, 0.15) is 5.75 Å². The molecule has 0 saturated carbocycles. The number of benzene rings is 1. The minimum Gasteiger partial charge on any atom is -0.497 e. The average molecular weight is 331 g/mol. The fraction of sp³-hybridized carbons (Fsp3) is 0.412. The topological polar surface area (TPSA) is 87.8 Å². The van der Waals surface area contributed by atoms with E-state index in [1.807, 2.05) is 0 Å². The van der Waals surface area contributed by atoms with E-state index in [1.54, 1.807) is 31.4 Å². The molecule has 1 aromatic carbocycles. The number of carbonyl (C=O) groups is 1. The molecule has 1 saturated heterocycles. The van der Waals surface area contributed by atoms with Crippen molar-refractivity contribution in [3.05, 3.63) is 29.8 Å². The second kappa shape index (κ2) is 6.92. The summed E-state index contributed by atoms with van der Waals surface area (Å²) in [5, 5.41) is 16.8. The van der Waals surface area contributed by atoms with E-state index in [2.05, 4.69) is 22.4 Å². The normalized spacial score (nSPS) is 18.3. The molecule has 0 amide bonds. The SMILES string of the molecule is COc1ccc(-c2onc(NC3CCCN(C)C3)c2C(=O)O)cc1. The Morgan fingerprint density at radius 1 is 1.42 bits per heavy atom. The molecule has 7 heteroatoms. The van der Waals surface area contributed by atoms with Gasteiger partial charge in [0.2, 0.25) is 0 Å². The van der Waals surface area contributed by atoms with Crippen molar-refractivity contribution in [2.45, 2.75) is 18.9 Å². The van der Waals surface area contributed by atoms with E-state index in [0.29, 0.717) is 11.3 Å². The van der Waals surface area contributed by atoms with E-state index in [4.69, 9.17) is 9.26 Å². The van der Waals surface area contributed by atoms with Crippen LogP contribution in [0.5, 0.6) is 5.75 Å². The molecule has 1 aromatic heterocycles. The molecular formula is C17H21N3O4. The highest BCUT2D eigenvalue weighted by Gasteiger charge is 2.26. The number of piperidine rings is 1. The Labute approximate surface area is 140 Å². The van der Waals surface area contributed by atoms with Crippen molar-refractivity contribution >= 4 is 11.8 Å². The van der Waals surface area contributed by atoms with Gasteiger partial charge in [0.25, 0.3) is 0 Å². The van der Waals surface area contributed by atoms with Gasteiger partial charge >= 0.3 is 5.97 Å². The number of likely N-dealkylation sites (tertiary alicyclic amines) is 1. The third-order valence-electron chi connectivity index (χ3n) is 4.22. The number of nitrogens with zero attached hydrogens (tertiary/aromatic N) is 2. The van der Waals surface area contributed by atoms with Crippen molar-refractivity contribution in [3.63, 3.8) is 0 Å². The molecule has 1 unspecified atom stereocenters. The van der Waals surface area contributed by atoms with Gasteiger partial charge in [-0.2, -0.15) is 0 Å². The van der Waals surface area contributed by atoms with E-state index < -0.39 is 5.97 Å². The van der Waals surface area contributed by atoms with Crippen molar-refractivity contribution in [1.29, 1.82) is 0 Å². The monoisotopic (exact) mass is 331 g/mol. The minimum atomic E-state index is -1.06. The minimum absolute atomic E-state index is 0.0633. The van der Waals surface area contributed by atoms with Crippen LogP contribution < -0.4 is 10.1 Å². The smallest absolute Gasteiger partial charge is 0.343 e. The summed E-state index contributed by atoms with van der Waals surface area (Å²) in [7, 11) is 3.63. The molecule has 128 valence electrons. The molecule has 2 heterocycles. The standard InChI is InChI=1S/C17H21N3O4/c1-20-9-3-4-12(10-20)18-16-14(17(21)22)15(24-19-16)11-5-7-13(23-2)8-6-11/h5-8,12H,3-4,9-10H2,1-2H3,(H,18,19)(H,21,22). The van der Waals surface area contributed by atoms with Crippen LogP contribution in [0.4, 0.5) is 5.82 Å². The molecule has 1 aliphatic rings. The fourth-order valence-corrected chi connectivity index (χ4v) is 3.00. The Morgan fingerprint density at radius 2 is 2.17 bits per heavy atom. The van der Waals surface area contributed by atoms with Gasteiger partial charge in [0.15, 0.2) is 17.1 Å². The highest BCUT2D eigenvalue weighted by Crippen LogP contribution is 2.31. The number of nitrogens with one attached hydrogen (secondary N) is 1. The van der Waals surface area contributed by atoms with Crippen LogP contribution in [-0.2, 0) is 0 Å². The molecule has 2 aromatic rings. The summed E-state index contributed by atoms with van der Waals surface area (Å²) < 4.78 is 10.5. The van der Waals surface area contributed by atoms with E-state index in [-0.39, 0.29) is 23.2 Å². The van der Waals surface area contributed by atoms with Crippen LogP contribution >= 0.6 is 0 Å². The number of carboxylic acid groups (broad SMARTS) is 1. The summed E-state index contributed by atoms with van der Waals surface area (Å²) in [6.45, 7) is 1.91. The van der Waals surface area contributed by atoms with Crippen molar-refractivity contribution in [1.82, 2.24) is 10.1 Å². The van der Waals surface area contributed by atoms with Crippen LogP contribution in [0, 0.1) is 0 Å². The Morgan fingerprint density at radius 3 is 2.79 bits per heavy atom. The molecule has 7 nitrogen and oxygen atoms in total. The zero-order valence-corrected chi connectivity index (χ0v) is 13.8. The summed E-state index contributed by atoms with van der Waals surface area (Å²) in [5.41, 5.74) is 0.711. The molecule has 1 aliphatic heterocycles. The lowest BCUT2D eigenvalue weighted by atomic mass is 10.0. The number of likely N-dealkylation sites (N-methyl/N-ethyl adjacent to an activating group) is 1. The molecule has 0 aliphatic carbocycles. The largest absolute Gasteiger partial charge is 0.497 e. The fourth-order valence-electron chi connectivity index (χ4n) is 3.00. The number of ether oxygens (including phenoxy) is 1. The second-order valence-corrected chi connectivity index (χ2v) is 6.01. The zero-order chi connectivity index (χ0) is 17.1. The summed E-state index contributed by atoms with van der Waals surface area (Å²) >= 11 is 0.